The highest BCUT2D eigenvalue weighted by Gasteiger charge is 2.43. The van der Waals surface area contributed by atoms with Crippen LogP contribution in [-0.2, 0) is 40.3 Å². The van der Waals surface area contributed by atoms with Crippen molar-refractivity contribution in [3.8, 4) is 0 Å². The number of rotatable bonds is 19. The van der Waals surface area contributed by atoms with Crippen molar-refractivity contribution >= 4 is 33.8 Å². The molecule has 1 aliphatic rings. The number of carbonyl (C=O) groups excluding carboxylic acids is 3. The molecule has 14 nitrogen and oxygen atoms in total. The van der Waals surface area contributed by atoms with Crippen LogP contribution in [0.3, 0.4) is 0 Å². The number of nitrogens with zero attached hydrogens (tertiary/aromatic N) is 2. The van der Waals surface area contributed by atoms with Gasteiger partial charge in [0.25, 0.3) is 0 Å². The van der Waals surface area contributed by atoms with Gasteiger partial charge in [-0.1, -0.05) is 71.4 Å². The average molecular weight is 712 g/mol. The van der Waals surface area contributed by atoms with Crippen molar-refractivity contribution in [3.05, 3.63) is 35.9 Å². The molecule has 5 N–H and O–H groups in total. The first kappa shape index (κ1) is 41.9. The third-order valence-corrected chi connectivity index (χ3v) is 10.4. The normalized spacial score (nSPS) is 19.3. The number of likely N-dealkylation sites (N-methyl/N-ethyl adjacent to an activating group) is 1. The Kier molecular flexibility index (Phi) is 16.4. The number of hydrogen-bond acceptors (Lipinski definition) is 8. The van der Waals surface area contributed by atoms with E-state index in [1.807, 2.05) is 44.2 Å². The smallest absolute Gasteiger partial charge is 0.405 e. The van der Waals surface area contributed by atoms with E-state index >= 15 is 0 Å². The Bertz CT molecular complexity index is 1350. The maximum absolute atomic E-state index is 14.0. The zero-order chi connectivity index (χ0) is 37.1. The summed E-state index contributed by atoms with van der Waals surface area (Å²) in [6.45, 7) is 9.57. The van der Waals surface area contributed by atoms with Crippen LogP contribution >= 0.6 is 0 Å². The van der Waals surface area contributed by atoms with Crippen molar-refractivity contribution in [1.29, 1.82) is 0 Å². The number of carbonyl (C=O) groups is 4. The highest BCUT2D eigenvalue weighted by Crippen LogP contribution is 2.29. The second-order valence-electron chi connectivity index (χ2n) is 13.5. The molecule has 15 heteroatoms. The Balaban J connectivity index is 2.26. The summed E-state index contributed by atoms with van der Waals surface area (Å²) < 4.78 is 35.7. The fourth-order valence-corrected chi connectivity index (χ4v) is 7.60. The first-order valence-electron chi connectivity index (χ1n) is 16.9. The maximum Gasteiger partial charge on any atom is 0.405 e. The van der Waals surface area contributed by atoms with Gasteiger partial charge in [0.1, 0.15) is 6.04 Å². The van der Waals surface area contributed by atoms with Crippen LogP contribution in [0.2, 0.25) is 0 Å². The van der Waals surface area contributed by atoms with Gasteiger partial charge in [-0.05, 0) is 36.7 Å². The number of amides is 4. The Labute approximate surface area is 291 Å². The summed E-state index contributed by atoms with van der Waals surface area (Å²) in [5, 5.41) is 19.9. The van der Waals surface area contributed by atoms with Crippen LogP contribution in [0.25, 0.3) is 0 Å². The summed E-state index contributed by atoms with van der Waals surface area (Å²) in [6, 6.07) is 6.46. The predicted molar refractivity (Wildman–Crippen MR) is 186 cm³/mol. The van der Waals surface area contributed by atoms with Crippen LogP contribution in [0.5, 0.6) is 0 Å². The molecule has 0 aromatic heterocycles. The lowest BCUT2D eigenvalue weighted by molar-refractivity contribution is -0.147. The van der Waals surface area contributed by atoms with Gasteiger partial charge in [0.05, 0.1) is 42.4 Å². The van der Waals surface area contributed by atoms with Crippen molar-refractivity contribution < 1.29 is 42.2 Å². The van der Waals surface area contributed by atoms with Crippen molar-refractivity contribution in [1.82, 2.24) is 20.4 Å². The molecule has 49 heavy (non-hydrogen) atoms. The van der Waals surface area contributed by atoms with Crippen molar-refractivity contribution in [2.45, 2.75) is 103 Å². The van der Waals surface area contributed by atoms with E-state index in [0.717, 1.165) is 5.56 Å². The third kappa shape index (κ3) is 12.2. The second kappa shape index (κ2) is 19.2. The van der Waals surface area contributed by atoms with Crippen LogP contribution in [0.1, 0.15) is 65.9 Å². The number of methoxy groups -OCH3 is 2. The largest absolute Gasteiger partial charge is 0.465 e. The Morgan fingerprint density at radius 1 is 1.06 bits per heavy atom. The highest BCUT2D eigenvalue weighted by atomic mass is 32.2. The molecule has 0 spiro atoms. The average Bonchev–Trinajstić information content (AvgIpc) is 3.52. The highest BCUT2D eigenvalue weighted by molar-refractivity contribution is 7.89. The van der Waals surface area contributed by atoms with E-state index in [1.165, 1.54) is 19.1 Å². The first-order valence-corrected chi connectivity index (χ1v) is 18.6. The zero-order valence-electron chi connectivity index (χ0n) is 30.1. The molecule has 1 aliphatic heterocycles. The molecule has 3 unspecified atom stereocenters. The lowest BCUT2D eigenvalue weighted by atomic mass is 9.89. The molecule has 1 aromatic carbocycles. The maximum atomic E-state index is 14.0. The summed E-state index contributed by atoms with van der Waals surface area (Å²) in [5.74, 6) is -2.64. The van der Waals surface area contributed by atoms with E-state index in [2.05, 4.69) is 10.6 Å². The predicted octanol–water partition coefficient (Wildman–Crippen LogP) is 2.21. The number of sulfonamides is 1. The van der Waals surface area contributed by atoms with Gasteiger partial charge in [0, 0.05) is 33.9 Å². The van der Waals surface area contributed by atoms with Gasteiger partial charge >= 0.3 is 6.09 Å². The van der Waals surface area contributed by atoms with Crippen LogP contribution < -0.4 is 15.8 Å². The van der Waals surface area contributed by atoms with Gasteiger partial charge in [-0.25, -0.2) is 18.4 Å². The number of likely N-dealkylation sites (tertiary alicyclic amines) is 1. The molecular formula is C34H57N5O9S. The van der Waals surface area contributed by atoms with Crippen molar-refractivity contribution in [2.75, 3.05) is 33.6 Å². The van der Waals surface area contributed by atoms with Gasteiger partial charge < -0.3 is 35.0 Å². The molecule has 4 amide bonds. The molecule has 278 valence electrons. The van der Waals surface area contributed by atoms with Crippen LogP contribution in [0.15, 0.2) is 30.3 Å². The zero-order valence-corrected chi connectivity index (χ0v) is 30.9. The van der Waals surface area contributed by atoms with Crippen LogP contribution in [-0.4, -0.2) is 117 Å². The molecule has 0 saturated carbocycles. The molecule has 0 bridgehead atoms. The first-order chi connectivity index (χ1) is 22.9. The molecule has 0 radical (unpaired) electrons. The molecule has 1 aromatic rings. The quantitative estimate of drug-likeness (QED) is 0.166. The second-order valence-corrected chi connectivity index (χ2v) is 15.1. The lowest BCUT2D eigenvalue weighted by Crippen LogP contribution is -2.57. The number of carboxylic acid groups (broad SMARTS) is 1. The van der Waals surface area contributed by atoms with E-state index in [0.29, 0.717) is 25.8 Å². The van der Waals surface area contributed by atoms with Crippen molar-refractivity contribution in [2.24, 2.45) is 22.9 Å². The van der Waals surface area contributed by atoms with E-state index in [-0.39, 0.29) is 30.6 Å². The monoisotopic (exact) mass is 711 g/mol. The molecule has 1 fully saturated rings. The number of ether oxygens (including phenoxy) is 2. The Morgan fingerprint density at radius 2 is 1.69 bits per heavy atom. The molecule has 0 aliphatic carbocycles. The standard InChI is InChI=1S/C34H57N5O9S/c1-9-22(4)30(38(6)33(42)29(21(2)3)37-34(43)44)27(47-7)19-28(40)39-17-13-16-26(39)31(48-8)23(5)32(41)36-25(20-49(35,45)46)18-24-14-11-10-12-15-24/h10-12,14-15,21-23,25-27,29-31,37H,9,13,16-20H2,1-8H3,(H,36,41)(H,43,44)(H2,35,45,46)/t22-,23+,25?,26?,27+,29?,30-,31+/m0/s1. The minimum absolute atomic E-state index is 0.0527. The number of hydrogen-bond donors (Lipinski definition) is 4. The van der Waals surface area contributed by atoms with Gasteiger partial charge in [-0.3, -0.25) is 14.4 Å². The molecule has 8 atom stereocenters. The molecule has 2 rings (SSSR count). The number of nitrogens with two attached hydrogens (primary N) is 1. The lowest BCUT2D eigenvalue weighted by Gasteiger charge is -2.40. The summed E-state index contributed by atoms with van der Waals surface area (Å²) in [6.07, 6.45) is -0.525. The molecular weight excluding hydrogens is 654 g/mol. The van der Waals surface area contributed by atoms with Crippen molar-refractivity contribution in [3.63, 3.8) is 0 Å². The minimum Gasteiger partial charge on any atom is -0.465 e. The van der Waals surface area contributed by atoms with E-state index < -0.39 is 76.0 Å². The van der Waals surface area contributed by atoms with Gasteiger partial charge in [0.2, 0.25) is 27.7 Å². The van der Waals surface area contributed by atoms with Crippen LogP contribution in [0, 0.1) is 17.8 Å². The summed E-state index contributed by atoms with van der Waals surface area (Å²) >= 11 is 0. The van der Waals surface area contributed by atoms with E-state index in [9.17, 15) is 32.7 Å². The molecule has 1 heterocycles. The van der Waals surface area contributed by atoms with Gasteiger partial charge in [0.15, 0.2) is 0 Å². The van der Waals surface area contributed by atoms with Crippen LogP contribution in [0.4, 0.5) is 4.79 Å². The SMILES string of the molecule is CC[C@H](C)[C@@H]([C@@H](CC(=O)N1CCCC1[C@H](OC)[C@@H](C)C(=O)NC(Cc1ccccc1)CS(N)(=O)=O)OC)N(C)C(=O)C(NC(=O)O)C(C)C. The fraction of sp³-hybridized carbons (Fsp3) is 0.706. The molecule has 1 saturated heterocycles. The Hall–Kier alpha value is -3.27. The number of nitrogens with one attached hydrogen (secondary N) is 2. The topological polar surface area (TPSA) is 198 Å². The van der Waals surface area contributed by atoms with E-state index in [1.54, 1.807) is 32.7 Å². The van der Waals surface area contributed by atoms with Gasteiger partial charge in [-0.2, -0.15) is 0 Å². The van der Waals surface area contributed by atoms with Gasteiger partial charge in [-0.15, -0.1) is 0 Å². The summed E-state index contributed by atoms with van der Waals surface area (Å²) in [5.41, 5.74) is 0.841. The minimum atomic E-state index is -3.90. The summed E-state index contributed by atoms with van der Waals surface area (Å²) in [4.78, 5) is 55.8. The summed E-state index contributed by atoms with van der Waals surface area (Å²) in [7, 11) is 0.677. The Morgan fingerprint density at radius 3 is 2.20 bits per heavy atom. The van der Waals surface area contributed by atoms with E-state index in [4.69, 9.17) is 14.6 Å². The number of primary sulfonamides is 1. The third-order valence-electron chi connectivity index (χ3n) is 9.58. The number of benzene rings is 1. The fourth-order valence-electron chi connectivity index (χ4n) is 6.84.